The quantitative estimate of drug-likeness (QED) is 0.727. The molecule has 1 saturated heterocycles. The number of para-hydroxylation sites is 2. The minimum atomic E-state index is -4.47. The van der Waals surface area contributed by atoms with Crippen LogP contribution in [0.5, 0.6) is 0 Å². The fourth-order valence-corrected chi connectivity index (χ4v) is 3.06. The lowest BCUT2D eigenvalue weighted by Crippen LogP contribution is -2.46. The molecule has 2 aromatic carbocycles. The predicted molar refractivity (Wildman–Crippen MR) is 95.1 cm³/mol. The fourth-order valence-electron chi connectivity index (χ4n) is 3.06. The van der Waals surface area contributed by atoms with Crippen molar-refractivity contribution in [2.24, 2.45) is 0 Å². The zero-order valence-corrected chi connectivity index (χ0v) is 14.3. The molecule has 0 saturated carbocycles. The number of aromatic amines is 1. The van der Waals surface area contributed by atoms with Crippen molar-refractivity contribution in [3.05, 3.63) is 59.7 Å². The van der Waals surface area contributed by atoms with E-state index in [1.165, 1.54) is 12.1 Å². The highest BCUT2D eigenvalue weighted by Crippen LogP contribution is 2.32. The number of amides is 1. The number of anilines is 1. The summed E-state index contributed by atoms with van der Waals surface area (Å²) in [6.07, 6.45) is -3.58. The molecule has 1 fully saturated rings. The first-order valence-corrected chi connectivity index (χ1v) is 8.59. The molecule has 1 unspecified atom stereocenters. The number of hydrogen-bond acceptors (Lipinski definition) is 3. The molecule has 3 aromatic rings. The number of likely N-dealkylation sites (tertiary alicyclic amines) is 1. The number of carbonyl (C=O) groups is 1. The molecule has 0 radical (unpaired) electrons. The van der Waals surface area contributed by atoms with E-state index in [0.717, 1.165) is 24.1 Å². The van der Waals surface area contributed by atoms with Crippen LogP contribution >= 0.6 is 0 Å². The zero-order chi connectivity index (χ0) is 19.0. The number of carbonyl (C=O) groups excluding carboxylic acids is 1. The monoisotopic (exact) mass is 374 g/mol. The van der Waals surface area contributed by atoms with Gasteiger partial charge in [0.15, 0.2) is 0 Å². The summed E-state index contributed by atoms with van der Waals surface area (Å²) in [5.41, 5.74) is 0.952. The Morgan fingerprint density at radius 2 is 1.93 bits per heavy atom. The summed E-state index contributed by atoms with van der Waals surface area (Å²) in [7, 11) is 0. The molecule has 1 atom stereocenters. The van der Waals surface area contributed by atoms with Crippen LogP contribution in [-0.4, -0.2) is 33.9 Å². The second-order valence-corrected chi connectivity index (χ2v) is 6.48. The maximum absolute atomic E-state index is 13.1. The number of halogens is 3. The van der Waals surface area contributed by atoms with Gasteiger partial charge in [-0.05, 0) is 36.2 Å². The molecule has 1 aromatic heterocycles. The summed E-state index contributed by atoms with van der Waals surface area (Å²) in [6, 6.07) is 11.2. The van der Waals surface area contributed by atoms with E-state index in [-0.39, 0.29) is 11.5 Å². The number of aromatic nitrogens is 2. The number of fused-ring (bicyclic) bond motifs is 1. The Hall–Kier alpha value is -3.03. The predicted octanol–water partition coefficient (Wildman–Crippen LogP) is 3.97. The van der Waals surface area contributed by atoms with Gasteiger partial charge < -0.3 is 15.2 Å². The molecule has 2 N–H and O–H groups in total. The third-order valence-electron chi connectivity index (χ3n) is 4.63. The zero-order valence-electron chi connectivity index (χ0n) is 14.3. The topological polar surface area (TPSA) is 61.0 Å². The molecule has 5 nitrogen and oxygen atoms in total. The first kappa shape index (κ1) is 17.4. The maximum atomic E-state index is 13.1. The Morgan fingerprint density at radius 1 is 1.15 bits per heavy atom. The van der Waals surface area contributed by atoms with Crippen molar-refractivity contribution in [3.8, 4) is 0 Å². The van der Waals surface area contributed by atoms with E-state index in [1.54, 1.807) is 4.90 Å². The molecule has 0 aliphatic carbocycles. The number of hydrogen-bond donors (Lipinski definition) is 2. The van der Waals surface area contributed by atoms with Crippen molar-refractivity contribution in [2.75, 3.05) is 18.4 Å². The maximum Gasteiger partial charge on any atom is 0.416 e. The summed E-state index contributed by atoms with van der Waals surface area (Å²) < 4.78 is 39.3. The first-order chi connectivity index (χ1) is 12.9. The lowest BCUT2D eigenvalue weighted by Gasteiger charge is -2.34. The summed E-state index contributed by atoms with van der Waals surface area (Å²) in [5.74, 6) is 0.0773. The second-order valence-electron chi connectivity index (χ2n) is 6.48. The van der Waals surface area contributed by atoms with Gasteiger partial charge in [0.1, 0.15) is 6.04 Å². The summed E-state index contributed by atoms with van der Waals surface area (Å²) in [6.45, 7) is 1.21. The molecule has 140 valence electrons. The largest absolute Gasteiger partial charge is 0.416 e. The van der Waals surface area contributed by atoms with Crippen molar-refractivity contribution in [3.63, 3.8) is 0 Å². The van der Waals surface area contributed by atoms with Gasteiger partial charge in [0.2, 0.25) is 11.9 Å². The van der Waals surface area contributed by atoms with E-state index in [2.05, 4.69) is 15.3 Å². The lowest BCUT2D eigenvalue weighted by molar-refractivity contribution is -0.138. The minimum absolute atomic E-state index is 0.252. The van der Waals surface area contributed by atoms with Gasteiger partial charge in [-0.3, -0.25) is 4.79 Å². The minimum Gasteiger partial charge on any atom is -0.340 e. The van der Waals surface area contributed by atoms with Gasteiger partial charge >= 0.3 is 6.18 Å². The molecule has 2 heterocycles. The molecule has 0 spiro atoms. The molecular formula is C19H17F3N4O. The van der Waals surface area contributed by atoms with Gasteiger partial charge in [0.05, 0.1) is 16.6 Å². The van der Waals surface area contributed by atoms with E-state index in [1.807, 2.05) is 24.3 Å². The highest BCUT2D eigenvalue weighted by molar-refractivity contribution is 5.87. The van der Waals surface area contributed by atoms with E-state index in [4.69, 9.17) is 0 Å². The Kier molecular flexibility index (Phi) is 4.25. The van der Waals surface area contributed by atoms with Crippen LogP contribution in [0.25, 0.3) is 11.0 Å². The highest BCUT2D eigenvalue weighted by atomic mass is 19.4. The van der Waals surface area contributed by atoms with Gasteiger partial charge in [-0.1, -0.05) is 24.3 Å². The molecule has 1 aliphatic rings. The van der Waals surface area contributed by atoms with Gasteiger partial charge in [-0.2, -0.15) is 13.2 Å². The standard InChI is InChI=1S/C19H17F3N4O/c20-19(21,22)13-6-3-5-12(11-13)16(17(27)26-9-4-10-26)25-18-23-14-7-1-2-8-15(14)24-18/h1-3,5-8,11,16H,4,9-10H2,(H2,23,24,25). The Morgan fingerprint density at radius 3 is 2.59 bits per heavy atom. The Labute approximate surface area is 153 Å². The van der Waals surface area contributed by atoms with Crippen LogP contribution in [0, 0.1) is 0 Å². The summed E-state index contributed by atoms with van der Waals surface area (Å²) in [4.78, 5) is 21.9. The average molecular weight is 374 g/mol. The van der Waals surface area contributed by atoms with Gasteiger partial charge in [-0.15, -0.1) is 0 Å². The SMILES string of the molecule is O=C(C(Nc1nc2ccccc2[nH]1)c1cccc(C(F)(F)F)c1)N1CCC1. The number of benzene rings is 2. The number of nitrogens with one attached hydrogen (secondary N) is 2. The van der Waals surface area contributed by atoms with Crippen LogP contribution in [0.3, 0.4) is 0 Å². The first-order valence-electron chi connectivity index (χ1n) is 8.59. The molecule has 4 rings (SSSR count). The number of rotatable bonds is 4. The number of H-pyrrole nitrogens is 1. The highest BCUT2D eigenvalue weighted by Gasteiger charge is 2.34. The van der Waals surface area contributed by atoms with Gasteiger partial charge in [0, 0.05) is 13.1 Å². The van der Waals surface area contributed by atoms with Crippen LogP contribution < -0.4 is 5.32 Å². The van der Waals surface area contributed by atoms with Crippen LogP contribution in [0.15, 0.2) is 48.5 Å². The van der Waals surface area contributed by atoms with Gasteiger partial charge in [-0.25, -0.2) is 4.98 Å². The lowest BCUT2D eigenvalue weighted by atomic mass is 10.0. The van der Waals surface area contributed by atoms with Crippen LogP contribution in [0.4, 0.5) is 19.1 Å². The molecule has 1 amide bonds. The molecular weight excluding hydrogens is 357 g/mol. The third kappa shape index (κ3) is 3.47. The van der Waals surface area contributed by atoms with Crippen molar-refractivity contribution < 1.29 is 18.0 Å². The Balaban J connectivity index is 1.69. The molecule has 1 aliphatic heterocycles. The molecule has 8 heteroatoms. The smallest absolute Gasteiger partial charge is 0.340 e. The van der Waals surface area contributed by atoms with E-state index >= 15 is 0 Å². The molecule has 27 heavy (non-hydrogen) atoms. The van der Waals surface area contributed by atoms with Crippen LogP contribution in [-0.2, 0) is 11.0 Å². The Bertz CT molecular complexity index is 945. The number of nitrogens with zero attached hydrogens (tertiary/aromatic N) is 2. The van der Waals surface area contributed by atoms with Crippen LogP contribution in [0.1, 0.15) is 23.6 Å². The van der Waals surface area contributed by atoms with Crippen molar-refractivity contribution in [1.29, 1.82) is 0 Å². The van der Waals surface area contributed by atoms with Crippen molar-refractivity contribution >= 4 is 22.9 Å². The van der Waals surface area contributed by atoms with Gasteiger partial charge in [0.25, 0.3) is 0 Å². The second kappa shape index (κ2) is 6.61. The summed E-state index contributed by atoms with van der Waals surface area (Å²) >= 11 is 0. The van der Waals surface area contributed by atoms with E-state index in [0.29, 0.717) is 24.6 Å². The number of alkyl halides is 3. The van der Waals surface area contributed by atoms with Crippen molar-refractivity contribution in [1.82, 2.24) is 14.9 Å². The normalized spacial score (nSPS) is 15.4. The summed E-state index contributed by atoms with van der Waals surface area (Å²) in [5, 5.41) is 2.99. The van der Waals surface area contributed by atoms with E-state index in [9.17, 15) is 18.0 Å². The van der Waals surface area contributed by atoms with Crippen molar-refractivity contribution in [2.45, 2.75) is 18.6 Å². The van der Waals surface area contributed by atoms with E-state index < -0.39 is 17.8 Å². The molecule has 0 bridgehead atoms. The third-order valence-corrected chi connectivity index (χ3v) is 4.63. The average Bonchev–Trinajstić information content (AvgIpc) is 3.00. The van der Waals surface area contributed by atoms with Crippen LogP contribution in [0.2, 0.25) is 0 Å². The fraction of sp³-hybridized carbons (Fsp3) is 0.263. The number of imidazole rings is 1.